The summed E-state index contributed by atoms with van der Waals surface area (Å²) >= 11 is 0. The zero-order valence-corrected chi connectivity index (χ0v) is 8.85. The van der Waals surface area contributed by atoms with E-state index in [9.17, 15) is 0 Å². The van der Waals surface area contributed by atoms with E-state index in [2.05, 4.69) is 33.0 Å². The molecule has 0 heterocycles. The summed E-state index contributed by atoms with van der Waals surface area (Å²) in [5, 5.41) is 12.2. The third-order valence-electron chi connectivity index (χ3n) is 2.06. The summed E-state index contributed by atoms with van der Waals surface area (Å²) in [6.07, 6.45) is 2.03. The molecule has 0 saturated carbocycles. The van der Waals surface area contributed by atoms with Crippen LogP contribution < -0.4 is 5.32 Å². The van der Waals surface area contributed by atoms with Gasteiger partial charge in [-0.2, -0.15) is 0 Å². The fourth-order valence-corrected chi connectivity index (χ4v) is 1.07. The Morgan fingerprint density at radius 3 is 2.33 bits per heavy atom. The second-order valence-electron chi connectivity index (χ2n) is 4.47. The second kappa shape index (κ2) is 5.55. The van der Waals surface area contributed by atoms with Gasteiger partial charge >= 0.3 is 0 Å². The van der Waals surface area contributed by atoms with Gasteiger partial charge in [-0.3, -0.25) is 0 Å². The van der Waals surface area contributed by atoms with Gasteiger partial charge in [0.2, 0.25) is 0 Å². The molecule has 0 aromatic heterocycles. The number of aliphatic hydroxyl groups excluding tert-OH is 1. The van der Waals surface area contributed by atoms with Gasteiger partial charge in [-0.05, 0) is 39.2 Å². The number of hydrogen-bond acceptors (Lipinski definition) is 2. The molecule has 0 bridgehead atoms. The van der Waals surface area contributed by atoms with Crippen LogP contribution >= 0.6 is 0 Å². The van der Waals surface area contributed by atoms with Crippen LogP contribution in [0.1, 0.15) is 40.5 Å². The average molecular weight is 173 g/mol. The Morgan fingerprint density at radius 1 is 1.33 bits per heavy atom. The van der Waals surface area contributed by atoms with E-state index in [1.165, 1.54) is 6.42 Å². The highest BCUT2D eigenvalue weighted by atomic mass is 16.3. The van der Waals surface area contributed by atoms with Crippen LogP contribution in [0.5, 0.6) is 0 Å². The van der Waals surface area contributed by atoms with Crippen molar-refractivity contribution in [3.63, 3.8) is 0 Å². The molecule has 0 aromatic rings. The van der Waals surface area contributed by atoms with E-state index in [1.54, 1.807) is 0 Å². The van der Waals surface area contributed by atoms with Crippen LogP contribution in [0.4, 0.5) is 0 Å². The fraction of sp³-hybridized carbons (Fsp3) is 1.00. The molecule has 0 radical (unpaired) electrons. The van der Waals surface area contributed by atoms with Gasteiger partial charge in [-0.25, -0.2) is 0 Å². The van der Waals surface area contributed by atoms with Crippen molar-refractivity contribution in [1.82, 2.24) is 5.32 Å². The molecule has 0 spiro atoms. The smallest absolute Gasteiger partial charge is 0.0448 e. The van der Waals surface area contributed by atoms with Crippen LogP contribution in [0.25, 0.3) is 0 Å². The molecule has 74 valence electrons. The van der Waals surface area contributed by atoms with Gasteiger partial charge in [0.1, 0.15) is 0 Å². The predicted octanol–water partition coefficient (Wildman–Crippen LogP) is 1.78. The predicted molar refractivity (Wildman–Crippen MR) is 53.2 cm³/mol. The van der Waals surface area contributed by atoms with Crippen LogP contribution in [-0.2, 0) is 0 Å². The molecule has 2 N–H and O–H groups in total. The van der Waals surface area contributed by atoms with E-state index < -0.39 is 0 Å². The maximum atomic E-state index is 8.77. The Balaban J connectivity index is 3.46. The standard InChI is InChI=1S/C10H23NO/c1-9(2)5-7-11-10(3,4)6-8-12/h9,11-12H,5-8H2,1-4H3. The zero-order chi connectivity index (χ0) is 9.61. The lowest BCUT2D eigenvalue weighted by Gasteiger charge is -2.25. The van der Waals surface area contributed by atoms with Crippen LogP contribution in [0.15, 0.2) is 0 Å². The first kappa shape index (κ1) is 11.9. The highest BCUT2D eigenvalue weighted by Gasteiger charge is 2.15. The second-order valence-corrected chi connectivity index (χ2v) is 4.47. The molecule has 0 aromatic carbocycles. The Hall–Kier alpha value is -0.0800. The Labute approximate surface area is 76.4 Å². The third-order valence-corrected chi connectivity index (χ3v) is 2.06. The normalized spacial score (nSPS) is 12.5. The fourth-order valence-electron chi connectivity index (χ4n) is 1.07. The van der Waals surface area contributed by atoms with Crippen LogP contribution in [0, 0.1) is 5.92 Å². The molecule has 0 amide bonds. The first-order chi connectivity index (χ1) is 5.48. The highest BCUT2D eigenvalue weighted by molar-refractivity contribution is 4.76. The Morgan fingerprint density at radius 2 is 1.92 bits per heavy atom. The molecule has 0 atom stereocenters. The first-order valence-corrected chi connectivity index (χ1v) is 4.84. The summed E-state index contributed by atoms with van der Waals surface area (Å²) in [6.45, 7) is 10.0. The molecule has 0 aliphatic rings. The molecule has 2 heteroatoms. The minimum absolute atomic E-state index is 0.0869. The van der Waals surface area contributed by atoms with Gasteiger partial charge in [0.25, 0.3) is 0 Å². The van der Waals surface area contributed by atoms with E-state index in [4.69, 9.17) is 5.11 Å². The number of aliphatic hydroxyl groups is 1. The van der Waals surface area contributed by atoms with Crippen molar-refractivity contribution in [2.45, 2.75) is 46.1 Å². The summed E-state index contributed by atoms with van der Waals surface area (Å²) in [4.78, 5) is 0. The number of nitrogens with one attached hydrogen (secondary N) is 1. The molecule has 12 heavy (non-hydrogen) atoms. The van der Waals surface area contributed by atoms with Crippen molar-refractivity contribution < 1.29 is 5.11 Å². The van der Waals surface area contributed by atoms with Crippen molar-refractivity contribution >= 4 is 0 Å². The maximum Gasteiger partial charge on any atom is 0.0448 e. The third kappa shape index (κ3) is 6.62. The lowest BCUT2D eigenvalue weighted by Crippen LogP contribution is -2.40. The van der Waals surface area contributed by atoms with Crippen LogP contribution in [0.3, 0.4) is 0 Å². The molecule has 0 fully saturated rings. The van der Waals surface area contributed by atoms with Gasteiger partial charge < -0.3 is 10.4 Å². The quantitative estimate of drug-likeness (QED) is 0.642. The molecule has 0 aliphatic carbocycles. The van der Waals surface area contributed by atoms with E-state index in [-0.39, 0.29) is 12.1 Å². The Kier molecular flexibility index (Phi) is 5.51. The molecule has 2 nitrogen and oxygen atoms in total. The molecule has 0 saturated heterocycles. The molecular weight excluding hydrogens is 150 g/mol. The van der Waals surface area contributed by atoms with Crippen molar-refractivity contribution in [3.8, 4) is 0 Å². The lowest BCUT2D eigenvalue weighted by molar-refractivity contribution is 0.229. The number of hydrogen-bond donors (Lipinski definition) is 2. The van der Waals surface area contributed by atoms with E-state index in [1.807, 2.05) is 0 Å². The highest BCUT2D eigenvalue weighted by Crippen LogP contribution is 2.07. The first-order valence-electron chi connectivity index (χ1n) is 4.84. The van der Waals surface area contributed by atoms with E-state index >= 15 is 0 Å². The summed E-state index contributed by atoms with van der Waals surface area (Å²) in [7, 11) is 0. The van der Waals surface area contributed by atoms with Crippen molar-refractivity contribution in [2.24, 2.45) is 5.92 Å². The Bertz CT molecular complexity index is 110. The number of rotatable bonds is 6. The molecule has 0 rings (SSSR count). The van der Waals surface area contributed by atoms with Crippen molar-refractivity contribution in [3.05, 3.63) is 0 Å². The largest absolute Gasteiger partial charge is 0.396 e. The van der Waals surface area contributed by atoms with Crippen molar-refractivity contribution in [2.75, 3.05) is 13.2 Å². The topological polar surface area (TPSA) is 32.3 Å². The van der Waals surface area contributed by atoms with Gasteiger partial charge in [0, 0.05) is 12.1 Å². The summed E-state index contributed by atoms with van der Waals surface area (Å²) in [5.74, 6) is 0.752. The molecular formula is C10H23NO. The van der Waals surface area contributed by atoms with Gasteiger partial charge in [0.05, 0.1) is 0 Å². The minimum Gasteiger partial charge on any atom is -0.396 e. The summed E-state index contributed by atoms with van der Waals surface area (Å²) in [6, 6.07) is 0. The monoisotopic (exact) mass is 173 g/mol. The van der Waals surface area contributed by atoms with Crippen LogP contribution in [0.2, 0.25) is 0 Å². The zero-order valence-electron chi connectivity index (χ0n) is 8.85. The van der Waals surface area contributed by atoms with Gasteiger partial charge in [-0.15, -0.1) is 0 Å². The van der Waals surface area contributed by atoms with E-state index in [0.29, 0.717) is 0 Å². The van der Waals surface area contributed by atoms with Gasteiger partial charge in [-0.1, -0.05) is 13.8 Å². The van der Waals surface area contributed by atoms with Crippen molar-refractivity contribution in [1.29, 1.82) is 0 Å². The van der Waals surface area contributed by atoms with Gasteiger partial charge in [0.15, 0.2) is 0 Å². The summed E-state index contributed by atoms with van der Waals surface area (Å²) in [5.41, 5.74) is 0.0869. The SMILES string of the molecule is CC(C)CCNC(C)(C)CCO. The minimum atomic E-state index is 0.0869. The average Bonchev–Trinajstić information content (AvgIpc) is 1.85. The lowest BCUT2D eigenvalue weighted by atomic mass is 10.0. The maximum absolute atomic E-state index is 8.77. The van der Waals surface area contributed by atoms with Crippen LogP contribution in [-0.4, -0.2) is 23.8 Å². The molecule has 0 unspecified atom stereocenters. The summed E-state index contributed by atoms with van der Waals surface area (Å²) < 4.78 is 0. The van der Waals surface area contributed by atoms with E-state index in [0.717, 1.165) is 18.9 Å². The molecule has 0 aliphatic heterocycles.